The van der Waals surface area contributed by atoms with Crippen LogP contribution in [0.25, 0.3) is 0 Å². The number of carbonyl (C=O) groups excluding carboxylic acids is 1. The number of nitrogens with two attached hydrogens (primary N) is 1. The van der Waals surface area contributed by atoms with Crippen LogP contribution in [0.5, 0.6) is 0 Å². The molecule has 1 aromatic rings. The standard InChI is InChI=1S/C15H21NO2/c1-2-3-11-18-14(17)15(16)10-6-8-12-7-4-5-9-13(12)15/h4-5,7,9H,2-3,6,8,10-11,16H2,1H3/t15-/m0/s1. The van der Waals surface area contributed by atoms with Crippen molar-refractivity contribution >= 4 is 5.97 Å². The summed E-state index contributed by atoms with van der Waals surface area (Å²) in [4.78, 5) is 12.2. The van der Waals surface area contributed by atoms with Crippen molar-refractivity contribution in [2.75, 3.05) is 6.61 Å². The molecule has 0 spiro atoms. The van der Waals surface area contributed by atoms with E-state index in [-0.39, 0.29) is 5.97 Å². The largest absolute Gasteiger partial charge is 0.464 e. The summed E-state index contributed by atoms with van der Waals surface area (Å²) in [5, 5.41) is 0. The topological polar surface area (TPSA) is 52.3 Å². The van der Waals surface area contributed by atoms with Crippen LogP contribution in [0.15, 0.2) is 24.3 Å². The third-order valence-corrected chi connectivity index (χ3v) is 3.61. The molecule has 0 aromatic heterocycles. The summed E-state index contributed by atoms with van der Waals surface area (Å²) in [6, 6.07) is 7.93. The lowest BCUT2D eigenvalue weighted by atomic mass is 9.77. The van der Waals surface area contributed by atoms with E-state index in [4.69, 9.17) is 10.5 Å². The normalized spacial score (nSPS) is 22.3. The van der Waals surface area contributed by atoms with E-state index in [1.54, 1.807) is 0 Å². The fourth-order valence-electron chi connectivity index (χ4n) is 2.52. The van der Waals surface area contributed by atoms with Gasteiger partial charge in [0.05, 0.1) is 6.61 Å². The molecule has 0 fully saturated rings. The quantitative estimate of drug-likeness (QED) is 0.657. The fourth-order valence-corrected chi connectivity index (χ4v) is 2.52. The molecule has 1 aliphatic carbocycles. The van der Waals surface area contributed by atoms with Gasteiger partial charge in [-0.1, -0.05) is 37.6 Å². The summed E-state index contributed by atoms with van der Waals surface area (Å²) in [7, 11) is 0. The molecule has 2 N–H and O–H groups in total. The molecule has 1 aromatic carbocycles. The third kappa shape index (κ3) is 2.41. The Labute approximate surface area is 108 Å². The minimum absolute atomic E-state index is 0.275. The number of ether oxygens (including phenoxy) is 1. The zero-order valence-electron chi connectivity index (χ0n) is 10.9. The Balaban J connectivity index is 2.18. The van der Waals surface area contributed by atoms with Crippen molar-refractivity contribution < 1.29 is 9.53 Å². The second kappa shape index (κ2) is 5.53. The number of aryl methyl sites for hydroxylation is 1. The number of esters is 1. The predicted molar refractivity (Wildman–Crippen MR) is 71.1 cm³/mol. The highest BCUT2D eigenvalue weighted by Crippen LogP contribution is 2.34. The van der Waals surface area contributed by atoms with Gasteiger partial charge in [-0.2, -0.15) is 0 Å². The molecule has 0 amide bonds. The van der Waals surface area contributed by atoms with Crippen LogP contribution >= 0.6 is 0 Å². The molecule has 0 saturated heterocycles. The number of hydrogen-bond acceptors (Lipinski definition) is 3. The Hall–Kier alpha value is -1.35. The molecule has 2 rings (SSSR count). The molecule has 18 heavy (non-hydrogen) atoms. The van der Waals surface area contributed by atoms with Gasteiger partial charge in [0.25, 0.3) is 0 Å². The Kier molecular flexibility index (Phi) is 4.02. The summed E-state index contributed by atoms with van der Waals surface area (Å²) in [5.41, 5.74) is 7.50. The van der Waals surface area contributed by atoms with E-state index in [0.29, 0.717) is 13.0 Å². The summed E-state index contributed by atoms with van der Waals surface area (Å²) >= 11 is 0. The van der Waals surface area contributed by atoms with Crippen LogP contribution < -0.4 is 5.73 Å². The molecule has 0 radical (unpaired) electrons. The van der Waals surface area contributed by atoms with Gasteiger partial charge in [0, 0.05) is 0 Å². The molecule has 0 bridgehead atoms. The number of fused-ring (bicyclic) bond motifs is 1. The first-order valence-electron chi connectivity index (χ1n) is 6.73. The van der Waals surface area contributed by atoms with E-state index in [9.17, 15) is 4.79 Å². The molecule has 3 nitrogen and oxygen atoms in total. The maximum Gasteiger partial charge on any atom is 0.330 e. The minimum Gasteiger partial charge on any atom is -0.464 e. The van der Waals surface area contributed by atoms with Gasteiger partial charge < -0.3 is 10.5 Å². The van der Waals surface area contributed by atoms with Crippen LogP contribution in [-0.4, -0.2) is 12.6 Å². The highest BCUT2D eigenvalue weighted by molar-refractivity contribution is 5.83. The molecule has 0 heterocycles. The monoisotopic (exact) mass is 247 g/mol. The highest BCUT2D eigenvalue weighted by atomic mass is 16.5. The fraction of sp³-hybridized carbons (Fsp3) is 0.533. The number of benzene rings is 1. The molecular formula is C15H21NO2. The van der Waals surface area contributed by atoms with Crippen LogP contribution in [0.2, 0.25) is 0 Å². The van der Waals surface area contributed by atoms with Crippen molar-refractivity contribution in [1.82, 2.24) is 0 Å². The van der Waals surface area contributed by atoms with Crippen molar-refractivity contribution in [2.24, 2.45) is 5.73 Å². The Bertz CT molecular complexity index is 430. The Morgan fingerprint density at radius 2 is 2.22 bits per heavy atom. The molecule has 0 unspecified atom stereocenters. The van der Waals surface area contributed by atoms with Crippen LogP contribution in [0, 0.1) is 0 Å². The molecule has 0 saturated carbocycles. The predicted octanol–water partition coefficient (Wildman–Crippen LogP) is 2.52. The lowest BCUT2D eigenvalue weighted by molar-refractivity contribution is -0.151. The van der Waals surface area contributed by atoms with Crippen molar-refractivity contribution in [3.8, 4) is 0 Å². The van der Waals surface area contributed by atoms with Crippen LogP contribution in [0.1, 0.15) is 43.7 Å². The molecule has 1 aliphatic rings. The van der Waals surface area contributed by atoms with Gasteiger partial charge in [0.2, 0.25) is 0 Å². The number of rotatable bonds is 4. The van der Waals surface area contributed by atoms with Gasteiger partial charge in [-0.25, -0.2) is 4.79 Å². The Morgan fingerprint density at radius 3 is 3.00 bits per heavy atom. The molecule has 3 heteroatoms. The Morgan fingerprint density at radius 1 is 1.44 bits per heavy atom. The number of unbranched alkanes of at least 4 members (excludes halogenated alkanes) is 1. The summed E-state index contributed by atoms with van der Waals surface area (Å²) < 4.78 is 5.32. The van der Waals surface area contributed by atoms with Crippen LogP contribution in [0.4, 0.5) is 0 Å². The second-order valence-corrected chi connectivity index (χ2v) is 4.97. The SMILES string of the molecule is CCCCOC(=O)[C@]1(N)CCCc2ccccc21. The third-order valence-electron chi connectivity index (χ3n) is 3.61. The van der Waals surface area contributed by atoms with E-state index in [1.807, 2.05) is 18.2 Å². The average molecular weight is 247 g/mol. The lowest BCUT2D eigenvalue weighted by Crippen LogP contribution is -2.48. The second-order valence-electron chi connectivity index (χ2n) is 4.97. The van der Waals surface area contributed by atoms with E-state index < -0.39 is 5.54 Å². The minimum atomic E-state index is -0.942. The van der Waals surface area contributed by atoms with Gasteiger partial charge in [0.1, 0.15) is 5.54 Å². The summed E-state index contributed by atoms with van der Waals surface area (Å²) in [6.07, 6.45) is 4.52. The van der Waals surface area contributed by atoms with E-state index in [0.717, 1.165) is 31.2 Å². The number of carbonyl (C=O) groups is 1. The van der Waals surface area contributed by atoms with Crippen LogP contribution in [0.3, 0.4) is 0 Å². The molecule has 0 aliphatic heterocycles. The maximum atomic E-state index is 12.2. The average Bonchev–Trinajstić information content (AvgIpc) is 2.39. The van der Waals surface area contributed by atoms with Gasteiger partial charge in [-0.05, 0) is 36.8 Å². The van der Waals surface area contributed by atoms with Crippen molar-refractivity contribution in [1.29, 1.82) is 0 Å². The highest BCUT2D eigenvalue weighted by Gasteiger charge is 2.40. The lowest BCUT2D eigenvalue weighted by Gasteiger charge is -2.33. The first-order valence-corrected chi connectivity index (χ1v) is 6.73. The van der Waals surface area contributed by atoms with Crippen molar-refractivity contribution in [3.05, 3.63) is 35.4 Å². The first kappa shape index (κ1) is 13.1. The van der Waals surface area contributed by atoms with Gasteiger partial charge in [-0.15, -0.1) is 0 Å². The smallest absolute Gasteiger partial charge is 0.330 e. The van der Waals surface area contributed by atoms with Gasteiger partial charge in [0.15, 0.2) is 0 Å². The molecular weight excluding hydrogens is 226 g/mol. The van der Waals surface area contributed by atoms with Crippen LogP contribution in [-0.2, 0) is 21.5 Å². The zero-order chi connectivity index (χ0) is 13.0. The summed E-state index contributed by atoms with van der Waals surface area (Å²) in [5.74, 6) is -0.275. The zero-order valence-corrected chi connectivity index (χ0v) is 10.9. The first-order chi connectivity index (χ1) is 8.68. The molecule has 98 valence electrons. The van der Waals surface area contributed by atoms with E-state index in [2.05, 4.69) is 13.0 Å². The van der Waals surface area contributed by atoms with Gasteiger partial charge in [-0.3, -0.25) is 0 Å². The van der Waals surface area contributed by atoms with E-state index >= 15 is 0 Å². The van der Waals surface area contributed by atoms with Gasteiger partial charge >= 0.3 is 5.97 Å². The number of hydrogen-bond donors (Lipinski definition) is 1. The van der Waals surface area contributed by atoms with E-state index in [1.165, 1.54) is 5.56 Å². The van der Waals surface area contributed by atoms with Crippen molar-refractivity contribution in [2.45, 2.75) is 44.6 Å². The maximum absolute atomic E-state index is 12.2. The van der Waals surface area contributed by atoms with Crippen molar-refractivity contribution in [3.63, 3.8) is 0 Å². The summed E-state index contributed by atoms with van der Waals surface area (Å²) in [6.45, 7) is 2.54. The molecule has 1 atom stereocenters.